The first-order valence-electron chi connectivity index (χ1n) is 7.49. The third kappa shape index (κ3) is 3.76. The number of nitrogens with zero attached hydrogens (tertiary/aromatic N) is 1. The number of carbonyl (C=O) groups is 2. The van der Waals surface area contributed by atoms with Gasteiger partial charge in [0.05, 0.1) is 12.0 Å². The number of halogens is 1. The third-order valence-corrected chi connectivity index (χ3v) is 3.93. The molecule has 0 bridgehead atoms. The maximum Gasteiger partial charge on any atom is 0.416 e. The number of imide groups is 1. The molecule has 3 atom stereocenters. The average molecular weight is 321 g/mol. The number of benzene rings is 1. The molecule has 0 aromatic heterocycles. The Morgan fingerprint density at radius 1 is 1.48 bits per heavy atom. The van der Waals surface area contributed by atoms with Crippen molar-refractivity contribution >= 4 is 12.0 Å². The fraction of sp³-hybridized carbons (Fsp3) is 0.412. The average Bonchev–Trinajstić information content (AvgIpc) is 2.93. The smallest absolute Gasteiger partial charge is 0.416 e. The minimum atomic E-state index is -1.57. The van der Waals surface area contributed by atoms with Gasteiger partial charge in [0.1, 0.15) is 18.5 Å². The molecule has 0 unspecified atom stereocenters. The first kappa shape index (κ1) is 17.1. The third-order valence-electron chi connectivity index (χ3n) is 3.93. The van der Waals surface area contributed by atoms with Crippen LogP contribution in [-0.2, 0) is 16.0 Å². The lowest BCUT2D eigenvalue weighted by Gasteiger charge is -2.25. The monoisotopic (exact) mass is 321 g/mol. The Labute approximate surface area is 134 Å². The fourth-order valence-electron chi connectivity index (χ4n) is 2.53. The maximum absolute atomic E-state index is 13.5. The van der Waals surface area contributed by atoms with Gasteiger partial charge in [0.2, 0.25) is 5.91 Å². The predicted molar refractivity (Wildman–Crippen MR) is 82.2 cm³/mol. The second-order valence-corrected chi connectivity index (χ2v) is 5.54. The molecule has 1 saturated heterocycles. The summed E-state index contributed by atoms with van der Waals surface area (Å²) >= 11 is 0. The van der Waals surface area contributed by atoms with E-state index in [9.17, 15) is 19.1 Å². The molecule has 2 amide bonds. The van der Waals surface area contributed by atoms with Gasteiger partial charge in [-0.05, 0) is 18.9 Å². The van der Waals surface area contributed by atoms with Crippen LogP contribution in [0.1, 0.15) is 19.4 Å². The molecule has 0 radical (unpaired) electrons. The van der Waals surface area contributed by atoms with Crippen molar-refractivity contribution in [2.45, 2.75) is 32.4 Å². The van der Waals surface area contributed by atoms with E-state index in [0.717, 1.165) is 16.5 Å². The number of ether oxygens (including phenoxy) is 1. The summed E-state index contributed by atoms with van der Waals surface area (Å²) in [6, 6.07) is 8.94. The summed E-state index contributed by atoms with van der Waals surface area (Å²) < 4.78 is 18.5. The number of amides is 2. The molecule has 6 heteroatoms. The summed E-state index contributed by atoms with van der Waals surface area (Å²) in [4.78, 5) is 25.4. The summed E-state index contributed by atoms with van der Waals surface area (Å²) in [7, 11) is 0. The minimum absolute atomic E-state index is 0.0916. The van der Waals surface area contributed by atoms with Crippen LogP contribution < -0.4 is 0 Å². The van der Waals surface area contributed by atoms with Crippen LogP contribution in [0.4, 0.5) is 9.18 Å². The predicted octanol–water partition coefficient (Wildman–Crippen LogP) is 2.45. The SMILES string of the molecule is C/C=C(/F)[C@@H](O)[C@@H](C)C(=O)N1C(=O)OC[C@@H]1Cc1ccccc1. The highest BCUT2D eigenvalue weighted by Gasteiger charge is 2.41. The van der Waals surface area contributed by atoms with Crippen LogP contribution in [-0.4, -0.2) is 40.8 Å². The Morgan fingerprint density at radius 2 is 2.13 bits per heavy atom. The Bertz CT molecular complexity index is 602. The van der Waals surface area contributed by atoms with Crippen molar-refractivity contribution in [3.05, 3.63) is 47.8 Å². The van der Waals surface area contributed by atoms with Crippen LogP contribution in [0.25, 0.3) is 0 Å². The van der Waals surface area contributed by atoms with Crippen molar-refractivity contribution in [2.75, 3.05) is 6.61 Å². The fourth-order valence-corrected chi connectivity index (χ4v) is 2.53. The number of aliphatic hydroxyl groups is 1. The Hall–Kier alpha value is -2.21. The molecule has 1 aliphatic heterocycles. The van der Waals surface area contributed by atoms with E-state index in [0.29, 0.717) is 6.42 Å². The normalized spacial score (nSPS) is 21.0. The number of aliphatic hydroxyl groups excluding tert-OH is 1. The van der Waals surface area contributed by atoms with Gasteiger partial charge in [0.25, 0.3) is 0 Å². The first-order chi connectivity index (χ1) is 11.0. The molecule has 1 heterocycles. The van der Waals surface area contributed by atoms with Gasteiger partial charge in [0.15, 0.2) is 0 Å². The standard InChI is InChI=1S/C17H20FNO4/c1-3-14(18)15(20)11(2)16(21)19-13(10-23-17(19)22)9-12-7-5-4-6-8-12/h3-8,11,13,15,20H,9-10H2,1-2H3/b14-3+/t11-,13+,15+/m1/s1. The van der Waals surface area contributed by atoms with Gasteiger partial charge in [-0.25, -0.2) is 14.1 Å². The van der Waals surface area contributed by atoms with E-state index in [4.69, 9.17) is 4.74 Å². The second-order valence-electron chi connectivity index (χ2n) is 5.54. The van der Waals surface area contributed by atoms with Gasteiger partial charge in [-0.15, -0.1) is 0 Å². The van der Waals surface area contributed by atoms with Crippen molar-refractivity contribution < 1.29 is 23.8 Å². The van der Waals surface area contributed by atoms with Gasteiger partial charge in [-0.2, -0.15) is 0 Å². The molecule has 1 fully saturated rings. The van der Waals surface area contributed by atoms with Gasteiger partial charge in [0, 0.05) is 0 Å². The lowest BCUT2D eigenvalue weighted by Crippen LogP contribution is -2.45. The molecule has 1 aromatic carbocycles. The summed E-state index contributed by atoms with van der Waals surface area (Å²) in [6.07, 6.45) is -0.778. The van der Waals surface area contributed by atoms with Crippen molar-refractivity contribution in [1.29, 1.82) is 0 Å². The molecule has 0 saturated carbocycles. The number of carbonyl (C=O) groups excluding carboxylic acids is 2. The first-order valence-corrected chi connectivity index (χ1v) is 7.49. The summed E-state index contributed by atoms with van der Waals surface area (Å²) in [5.41, 5.74) is 0.960. The van der Waals surface area contributed by atoms with Crippen LogP contribution in [0.5, 0.6) is 0 Å². The molecule has 1 aromatic rings. The molecule has 1 N–H and O–H groups in total. The number of allylic oxidation sites excluding steroid dienone is 1. The summed E-state index contributed by atoms with van der Waals surface area (Å²) in [5, 5.41) is 9.84. The van der Waals surface area contributed by atoms with Crippen molar-refractivity contribution in [3.8, 4) is 0 Å². The van der Waals surface area contributed by atoms with E-state index in [-0.39, 0.29) is 6.61 Å². The minimum Gasteiger partial charge on any atom is -0.447 e. The zero-order valence-corrected chi connectivity index (χ0v) is 13.1. The van der Waals surface area contributed by atoms with Gasteiger partial charge in [-0.1, -0.05) is 43.3 Å². The zero-order chi connectivity index (χ0) is 17.0. The van der Waals surface area contributed by atoms with Crippen LogP contribution in [0.15, 0.2) is 42.2 Å². The van der Waals surface area contributed by atoms with Crippen molar-refractivity contribution in [3.63, 3.8) is 0 Å². The van der Waals surface area contributed by atoms with Gasteiger partial charge < -0.3 is 9.84 Å². The van der Waals surface area contributed by atoms with Crippen LogP contribution in [0.2, 0.25) is 0 Å². The molecule has 2 rings (SSSR count). The molecular weight excluding hydrogens is 301 g/mol. The van der Waals surface area contributed by atoms with E-state index >= 15 is 0 Å². The van der Waals surface area contributed by atoms with Crippen LogP contribution >= 0.6 is 0 Å². The van der Waals surface area contributed by atoms with E-state index in [1.54, 1.807) is 0 Å². The lowest BCUT2D eigenvalue weighted by molar-refractivity contribution is -0.135. The molecule has 1 aliphatic rings. The number of rotatable bonds is 5. The lowest BCUT2D eigenvalue weighted by atomic mass is 9.99. The number of cyclic esters (lactones) is 1. The van der Waals surface area contributed by atoms with Crippen LogP contribution in [0, 0.1) is 5.92 Å². The Kier molecular flexibility index (Phi) is 5.50. The largest absolute Gasteiger partial charge is 0.447 e. The zero-order valence-electron chi connectivity index (χ0n) is 13.1. The molecule has 124 valence electrons. The van der Waals surface area contributed by atoms with E-state index in [1.807, 2.05) is 30.3 Å². The van der Waals surface area contributed by atoms with Crippen LogP contribution in [0.3, 0.4) is 0 Å². The molecule has 5 nitrogen and oxygen atoms in total. The van der Waals surface area contributed by atoms with E-state index in [2.05, 4.69) is 0 Å². The number of hydrogen-bond acceptors (Lipinski definition) is 4. The van der Waals surface area contributed by atoms with Gasteiger partial charge >= 0.3 is 6.09 Å². The van der Waals surface area contributed by atoms with Crippen molar-refractivity contribution in [2.24, 2.45) is 5.92 Å². The Balaban J connectivity index is 2.14. The highest BCUT2D eigenvalue weighted by molar-refractivity contribution is 5.95. The topological polar surface area (TPSA) is 66.8 Å². The second kappa shape index (κ2) is 7.37. The highest BCUT2D eigenvalue weighted by atomic mass is 19.1. The van der Waals surface area contributed by atoms with E-state index in [1.165, 1.54) is 13.8 Å². The van der Waals surface area contributed by atoms with Gasteiger partial charge in [-0.3, -0.25) is 4.79 Å². The molecule has 0 spiro atoms. The molecule has 0 aliphatic carbocycles. The summed E-state index contributed by atoms with van der Waals surface area (Å²) in [6.45, 7) is 2.91. The maximum atomic E-state index is 13.5. The molecule has 23 heavy (non-hydrogen) atoms. The number of hydrogen-bond donors (Lipinski definition) is 1. The van der Waals surface area contributed by atoms with E-state index < -0.39 is 35.9 Å². The van der Waals surface area contributed by atoms with Crippen molar-refractivity contribution in [1.82, 2.24) is 4.90 Å². The highest BCUT2D eigenvalue weighted by Crippen LogP contribution is 2.23. The molecular formula is C17H20FNO4. The summed E-state index contributed by atoms with van der Waals surface area (Å²) in [5.74, 6) is -2.51. The quantitative estimate of drug-likeness (QED) is 0.904. The Morgan fingerprint density at radius 3 is 2.74 bits per heavy atom.